The van der Waals surface area contributed by atoms with Gasteiger partial charge in [0.2, 0.25) is 0 Å². The van der Waals surface area contributed by atoms with Gasteiger partial charge >= 0.3 is 18.5 Å². The van der Waals surface area contributed by atoms with Crippen molar-refractivity contribution >= 4 is 11.5 Å². The molecule has 0 aromatic heterocycles. The molecule has 0 fully saturated rings. The van der Waals surface area contributed by atoms with Crippen molar-refractivity contribution in [2.24, 2.45) is 5.92 Å². The predicted molar refractivity (Wildman–Crippen MR) is 134 cm³/mol. The summed E-state index contributed by atoms with van der Waals surface area (Å²) in [6, 6.07) is 10.3. The van der Waals surface area contributed by atoms with E-state index in [-0.39, 0.29) is 29.0 Å². The smallest absolute Gasteiger partial charge is 0.381 e. The first-order valence-corrected chi connectivity index (χ1v) is 12.2. The monoisotopic (exact) mass is 575 g/mol. The largest absolute Gasteiger partial charge is 0.416 e. The first-order chi connectivity index (χ1) is 18.3. The van der Waals surface area contributed by atoms with Crippen molar-refractivity contribution in [2.75, 3.05) is 5.32 Å². The third-order valence-electron chi connectivity index (χ3n) is 6.25. The Kier molecular flexibility index (Phi) is 8.96. The summed E-state index contributed by atoms with van der Waals surface area (Å²) in [7, 11) is 0. The van der Waals surface area contributed by atoms with Crippen molar-refractivity contribution in [3.63, 3.8) is 0 Å². The minimum atomic E-state index is -5.00. The van der Waals surface area contributed by atoms with Gasteiger partial charge in [-0.1, -0.05) is 32.0 Å². The van der Waals surface area contributed by atoms with E-state index in [4.69, 9.17) is 0 Å². The molecule has 1 N–H and O–H groups in total. The molecular formula is C29H26F9NO. The SMILES string of the molecule is CC(=O)[C@H](CC(C)C)c1cc(NCc2cc(C(F)(F)F)cc(C(F)(F)F)c2)cc(-c2ccc(C(F)(F)F)cc2)c1. The highest BCUT2D eigenvalue weighted by Gasteiger charge is 2.37. The van der Waals surface area contributed by atoms with Crippen LogP contribution in [-0.4, -0.2) is 5.78 Å². The van der Waals surface area contributed by atoms with Gasteiger partial charge in [0, 0.05) is 18.2 Å². The highest BCUT2D eigenvalue weighted by molar-refractivity contribution is 5.84. The summed E-state index contributed by atoms with van der Waals surface area (Å²) in [4.78, 5) is 12.5. The number of nitrogens with one attached hydrogen (secondary N) is 1. The number of ketones is 1. The van der Waals surface area contributed by atoms with Gasteiger partial charge in [-0.15, -0.1) is 0 Å². The maximum atomic E-state index is 13.3. The van der Waals surface area contributed by atoms with E-state index in [1.54, 1.807) is 12.1 Å². The summed E-state index contributed by atoms with van der Waals surface area (Å²) < 4.78 is 119. The Morgan fingerprint density at radius 1 is 0.700 bits per heavy atom. The molecule has 0 spiro atoms. The average Bonchev–Trinajstić information content (AvgIpc) is 2.84. The molecule has 1 atom stereocenters. The van der Waals surface area contributed by atoms with Crippen LogP contribution in [0.4, 0.5) is 45.2 Å². The lowest BCUT2D eigenvalue weighted by atomic mass is 9.85. The summed E-state index contributed by atoms with van der Waals surface area (Å²) in [5, 5.41) is 2.83. The van der Waals surface area contributed by atoms with Crippen LogP contribution >= 0.6 is 0 Å². The number of rotatable bonds is 8. The van der Waals surface area contributed by atoms with Crippen LogP contribution in [0.1, 0.15) is 60.9 Å². The lowest BCUT2D eigenvalue weighted by molar-refractivity contribution is -0.143. The molecule has 0 amide bonds. The Balaban J connectivity index is 2.06. The van der Waals surface area contributed by atoms with Crippen LogP contribution in [0.5, 0.6) is 0 Å². The standard InChI is InChI=1S/C29H26F9NO/c1-16(2)8-26(17(3)40)21-11-20(19-4-6-22(7-5-19)27(30,31)32)12-25(13-21)39-15-18-9-23(28(33,34)35)14-24(10-18)29(36,37)38/h4-7,9-14,16,26,39H,8,15H2,1-3H3/t26-/m0/s1. The van der Waals surface area contributed by atoms with Gasteiger partial charge in [-0.25, -0.2) is 0 Å². The number of anilines is 1. The normalized spacial score (nSPS) is 13.4. The molecule has 0 saturated carbocycles. The summed E-state index contributed by atoms with van der Waals surface area (Å²) in [5.41, 5.74) is -2.47. The number of hydrogen-bond donors (Lipinski definition) is 1. The van der Waals surface area contributed by atoms with E-state index in [1.165, 1.54) is 25.1 Å². The lowest BCUT2D eigenvalue weighted by Gasteiger charge is -2.20. The first-order valence-electron chi connectivity index (χ1n) is 12.2. The number of hydrogen-bond acceptors (Lipinski definition) is 2. The van der Waals surface area contributed by atoms with E-state index >= 15 is 0 Å². The second-order valence-corrected chi connectivity index (χ2v) is 9.98. The Morgan fingerprint density at radius 2 is 1.23 bits per heavy atom. The molecule has 2 nitrogen and oxygen atoms in total. The Morgan fingerprint density at radius 3 is 1.68 bits per heavy atom. The minimum Gasteiger partial charge on any atom is -0.381 e. The third kappa shape index (κ3) is 8.02. The number of carbonyl (C=O) groups is 1. The van der Waals surface area contributed by atoms with Crippen molar-refractivity contribution < 1.29 is 44.3 Å². The van der Waals surface area contributed by atoms with E-state index < -0.39 is 47.7 Å². The van der Waals surface area contributed by atoms with Crippen LogP contribution < -0.4 is 5.32 Å². The van der Waals surface area contributed by atoms with Crippen molar-refractivity contribution in [3.05, 3.63) is 88.5 Å². The summed E-state index contributed by atoms with van der Waals surface area (Å²) in [5.74, 6) is -0.650. The molecule has 216 valence electrons. The van der Waals surface area contributed by atoms with Gasteiger partial charge in [0.25, 0.3) is 0 Å². The molecule has 11 heteroatoms. The number of Topliss-reactive ketones (excluding diaryl/α,β-unsaturated/α-hetero) is 1. The molecule has 0 aliphatic heterocycles. The quantitative estimate of drug-likeness (QED) is 0.271. The topological polar surface area (TPSA) is 29.1 Å². The molecule has 3 aromatic carbocycles. The van der Waals surface area contributed by atoms with Crippen LogP contribution in [0.2, 0.25) is 0 Å². The molecule has 0 heterocycles. The fourth-order valence-corrected chi connectivity index (χ4v) is 4.31. The van der Waals surface area contributed by atoms with Gasteiger partial charge in [0.1, 0.15) is 5.78 Å². The highest BCUT2D eigenvalue weighted by Crippen LogP contribution is 2.38. The molecule has 0 unspecified atom stereocenters. The van der Waals surface area contributed by atoms with Gasteiger partial charge in [-0.2, -0.15) is 39.5 Å². The van der Waals surface area contributed by atoms with Gasteiger partial charge in [0.15, 0.2) is 0 Å². The minimum absolute atomic E-state index is 0.0379. The summed E-state index contributed by atoms with van der Waals surface area (Å²) >= 11 is 0. The molecule has 0 radical (unpaired) electrons. The van der Waals surface area contributed by atoms with Crippen molar-refractivity contribution in [3.8, 4) is 11.1 Å². The number of halogens is 9. The van der Waals surface area contributed by atoms with Gasteiger partial charge in [-0.05, 0) is 84.0 Å². The molecule has 0 aliphatic rings. The fraction of sp³-hybridized carbons (Fsp3) is 0.345. The van der Waals surface area contributed by atoms with E-state index in [9.17, 15) is 44.3 Å². The molecular weight excluding hydrogens is 549 g/mol. The zero-order chi connectivity index (χ0) is 30.0. The second kappa shape index (κ2) is 11.5. The predicted octanol–water partition coefficient (Wildman–Crippen LogP) is 9.74. The highest BCUT2D eigenvalue weighted by atomic mass is 19.4. The molecule has 3 aromatic rings. The second-order valence-electron chi connectivity index (χ2n) is 9.98. The van der Waals surface area contributed by atoms with Gasteiger partial charge in [0.05, 0.1) is 16.7 Å². The lowest BCUT2D eigenvalue weighted by Crippen LogP contribution is -2.14. The van der Waals surface area contributed by atoms with Crippen molar-refractivity contribution in [1.29, 1.82) is 0 Å². The van der Waals surface area contributed by atoms with Crippen LogP contribution in [0.3, 0.4) is 0 Å². The molecule has 0 bridgehead atoms. The number of alkyl halides is 9. The molecule has 3 rings (SSSR count). The van der Waals surface area contributed by atoms with Gasteiger partial charge < -0.3 is 5.32 Å². The first kappa shape index (κ1) is 31.0. The van der Waals surface area contributed by atoms with E-state index in [0.29, 0.717) is 35.2 Å². The van der Waals surface area contributed by atoms with Crippen LogP contribution in [-0.2, 0) is 29.9 Å². The van der Waals surface area contributed by atoms with Crippen LogP contribution in [0, 0.1) is 5.92 Å². The zero-order valence-corrected chi connectivity index (χ0v) is 21.7. The van der Waals surface area contributed by atoms with Gasteiger partial charge in [-0.3, -0.25) is 4.79 Å². The Hall–Kier alpha value is -3.50. The van der Waals surface area contributed by atoms with E-state index in [1.807, 2.05) is 13.8 Å². The Labute approximate surface area is 225 Å². The number of carbonyl (C=O) groups excluding carboxylic acids is 1. The van der Waals surface area contributed by atoms with Crippen molar-refractivity contribution in [1.82, 2.24) is 0 Å². The van der Waals surface area contributed by atoms with E-state index in [0.717, 1.165) is 12.1 Å². The van der Waals surface area contributed by atoms with Crippen LogP contribution in [0.25, 0.3) is 11.1 Å². The fourth-order valence-electron chi connectivity index (χ4n) is 4.31. The Bertz CT molecular complexity index is 1310. The molecule has 0 aliphatic carbocycles. The maximum Gasteiger partial charge on any atom is 0.416 e. The maximum absolute atomic E-state index is 13.3. The zero-order valence-electron chi connectivity index (χ0n) is 21.7. The number of benzene rings is 3. The average molecular weight is 576 g/mol. The van der Waals surface area contributed by atoms with E-state index in [2.05, 4.69) is 5.32 Å². The molecule has 0 saturated heterocycles. The summed E-state index contributed by atoms with van der Waals surface area (Å²) in [6.45, 7) is 4.78. The third-order valence-corrected chi connectivity index (χ3v) is 6.25. The van der Waals surface area contributed by atoms with Crippen LogP contribution in [0.15, 0.2) is 60.7 Å². The molecule has 40 heavy (non-hydrogen) atoms. The van der Waals surface area contributed by atoms with Crippen molar-refractivity contribution in [2.45, 2.75) is 58.2 Å². The summed E-state index contributed by atoms with van der Waals surface area (Å²) in [6.07, 6.45) is -14.1.